The Bertz CT molecular complexity index is 250. The van der Waals surface area contributed by atoms with Crippen molar-refractivity contribution in [2.24, 2.45) is 5.73 Å². The summed E-state index contributed by atoms with van der Waals surface area (Å²) in [6, 6.07) is 0.0668. The quantitative estimate of drug-likeness (QED) is 0.687. The molecule has 13 heavy (non-hydrogen) atoms. The Morgan fingerprint density at radius 2 is 2.46 bits per heavy atom. The lowest BCUT2D eigenvalue weighted by Crippen LogP contribution is -2.15. The lowest BCUT2D eigenvalue weighted by molar-refractivity contribution is 0.481. The third-order valence-electron chi connectivity index (χ3n) is 2.39. The topological polar surface area (TPSA) is 63.3 Å². The van der Waals surface area contributed by atoms with Crippen LogP contribution in [0.3, 0.4) is 0 Å². The second-order valence-electron chi connectivity index (χ2n) is 3.67. The Hall–Kier alpha value is -0.110. The van der Waals surface area contributed by atoms with E-state index in [0.717, 1.165) is 19.3 Å². The van der Waals surface area contributed by atoms with Crippen LogP contribution < -0.4 is 5.73 Å². The molecule has 1 rings (SSSR count). The molecule has 76 valence electrons. The van der Waals surface area contributed by atoms with Crippen LogP contribution in [0.5, 0.6) is 0 Å². The predicted molar refractivity (Wildman–Crippen MR) is 54.9 cm³/mol. The first kappa shape index (κ1) is 11.0. The highest BCUT2D eigenvalue weighted by Gasteiger charge is 2.28. The van der Waals surface area contributed by atoms with Crippen molar-refractivity contribution in [2.75, 3.05) is 6.16 Å². The van der Waals surface area contributed by atoms with Gasteiger partial charge in [-0.1, -0.05) is 19.4 Å². The summed E-state index contributed by atoms with van der Waals surface area (Å²) in [5.74, 6) is 0. The third-order valence-corrected chi connectivity index (χ3v) is 4.58. The highest BCUT2D eigenvalue weighted by Crippen LogP contribution is 2.54. The first-order chi connectivity index (χ1) is 6.06. The fraction of sp³-hybridized carbons (Fsp3) is 0.778. The zero-order valence-electron chi connectivity index (χ0n) is 8.07. The summed E-state index contributed by atoms with van der Waals surface area (Å²) in [6.45, 7) is 2.02. The van der Waals surface area contributed by atoms with Gasteiger partial charge in [0, 0.05) is 17.5 Å². The Morgan fingerprint density at radius 1 is 1.77 bits per heavy atom. The number of rotatable bonds is 4. The molecular weight excluding hydrogens is 185 g/mol. The largest absolute Gasteiger partial charge is 0.341 e. The van der Waals surface area contributed by atoms with Gasteiger partial charge in [0.25, 0.3) is 0 Å². The number of hydrogen-bond acceptors (Lipinski definition) is 2. The van der Waals surface area contributed by atoms with Gasteiger partial charge in [0.15, 0.2) is 0 Å². The predicted octanol–water partition coefficient (Wildman–Crippen LogP) is 2.06. The second kappa shape index (κ2) is 4.41. The number of unbranched alkanes of at least 4 members (excludes halogenated alkanes) is 1. The van der Waals surface area contributed by atoms with Crippen molar-refractivity contribution < 1.29 is 9.46 Å². The molecule has 0 heterocycles. The first-order valence-corrected chi connectivity index (χ1v) is 6.67. The van der Waals surface area contributed by atoms with Crippen molar-refractivity contribution in [3.8, 4) is 0 Å². The number of nitrogens with two attached hydrogens (primary N) is 1. The van der Waals surface area contributed by atoms with Crippen molar-refractivity contribution >= 4 is 7.37 Å². The maximum absolute atomic E-state index is 11.8. The van der Waals surface area contributed by atoms with Gasteiger partial charge in [-0.2, -0.15) is 0 Å². The molecule has 0 radical (unpaired) electrons. The van der Waals surface area contributed by atoms with Crippen LogP contribution in [0.25, 0.3) is 0 Å². The van der Waals surface area contributed by atoms with Crippen LogP contribution in [-0.2, 0) is 4.57 Å². The molecule has 3 nitrogen and oxygen atoms in total. The summed E-state index contributed by atoms with van der Waals surface area (Å²) < 4.78 is 11.8. The molecule has 0 aromatic carbocycles. The highest BCUT2D eigenvalue weighted by molar-refractivity contribution is 7.62. The van der Waals surface area contributed by atoms with Crippen LogP contribution in [-0.4, -0.2) is 17.1 Å². The van der Waals surface area contributed by atoms with E-state index in [9.17, 15) is 9.46 Å². The molecule has 4 heteroatoms. The molecule has 2 atom stereocenters. The second-order valence-corrected chi connectivity index (χ2v) is 6.10. The zero-order valence-corrected chi connectivity index (χ0v) is 8.96. The van der Waals surface area contributed by atoms with Gasteiger partial charge in [-0.3, -0.25) is 4.57 Å². The average molecular weight is 203 g/mol. The van der Waals surface area contributed by atoms with E-state index in [-0.39, 0.29) is 6.04 Å². The van der Waals surface area contributed by atoms with Gasteiger partial charge < -0.3 is 10.6 Å². The highest BCUT2D eigenvalue weighted by atomic mass is 31.2. The third kappa shape index (κ3) is 2.94. The molecule has 0 aromatic rings. The number of hydrogen-bond donors (Lipinski definition) is 2. The fourth-order valence-electron chi connectivity index (χ4n) is 1.52. The van der Waals surface area contributed by atoms with Crippen molar-refractivity contribution in [1.29, 1.82) is 0 Å². The molecular formula is C9H18NO2P. The van der Waals surface area contributed by atoms with E-state index in [2.05, 4.69) is 0 Å². The lowest BCUT2D eigenvalue weighted by Gasteiger charge is -2.12. The van der Waals surface area contributed by atoms with E-state index < -0.39 is 7.37 Å². The van der Waals surface area contributed by atoms with E-state index >= 15 is 0 Å². The summed E-state index contributed by atoms with van der Waals surface area (Å²) in [4.78, 5) is 9.69. The van der Waals surface area contributed by atoms with Crippen LogP contribution in [0.2, 0.25) is 0 Å². The molecule has 0 spiro atoms. The Labute approximate surface area is 79.5 Å². The van der Waals surface area contributed by atoms with E-state index in [1.807, 2.05) is 13.0 Å². The molecule has 0 saturated heterocycles. The molecule has 0 amide bonds. The summed E-state index contributed by atoms with van der Waals surface area (Å²) in [5, 5.41) is 0.702. The maximum Gasteiger partial charge on any atom is 0.225 e. The molecule has 0 aliphatic heterocycles. The summed E-state index contributed by atoms with van der Waals surface area (Å²) >= 11 is 0. The van der Waals surface area contributed by atoms with E-state index in [4.69, 9.17) is 5.73 Å². The van der Waals surface area contributed by atoms with E-state index in [0.29, 0.717) is 17.9 Å². The van der Waals surface area contributed by atoms with Gasteiger partial charge in [0.05, 0.1) is 0 Å². The van der Waals surface area contributed by atoms with E-state index in [1.165, 1.54) is 0 Å². The van der Waals surface area contributed by atoms with E-state index in [1.54, 1.807) is 0 Å². The summed E-state index contributed by atoms with van der Waals surface area (Å²) in [5.41, 5.74) is 5.67. The molecule has 0 aromatic heterocycles. The molecule has 1 aliphatic rings. The molecule has 1 aliphatic carbocycles. The minimum Gasteiger partial charge on any atom is -0.341 e. The lowest BCUT2D eigenvalue weighted by atomic mass is 10.3. The molecule has 1 unspecified atom stereocenters. The zero-order chi connectivity index (χ0) is 9.90. The SMILES string of the molecule is CCCCP(=O)(O)C1=CC[C@@H](N)C1. The monoisotopic (exact) mass is 203 g/mol. The fourth-order valence-corrected chi connectivity index (χ4v) is 3.47. The summed E-state index contributed by atoms with van der Waals surface area (Å²) in [7, 11) is -3.01. The average Bonchev–Trinajstić information content (AvgIpc) is 2.49. The van der Waals surface area contributed by atoms with Crippen molar-refractivity contribution in [3.05, 3.63) is 11.4 Å². The van der Waals surface area contributed by atoms with Gasteiger partial charge in [0.2, 0.25) is 7.37 Å². The van der Waals surface area contributed by atoms with Crippen molar-refractivity contribution in [3.63, 3.8) is 0 Å². The van der Waals surface area contributed by atoms with Crippen LogP contribution in [0, 0.1) is 0 Å². The normalized spacial score (nSPS) is 27.0. The van der Waals surface area contributed by atoms with Gasteiger partial charge >= 0.3 is 0 Å². The Kier molecular flexibility index (Phi) is 3.72. The summed E-state index contributed by atoms with van der Waals surface area (Å²) in [6.07, 6.45) is 5.41. The minimum atomic E-state index is -3.01. The Morgan fingerprint density at radius 3 is 2.92 bits per heavy atom. The van der Waals surface area contributed by atoms with Crippen LogP contribution in [0.1, 0.15) is 32.6 Å². The van der Waals surface area contributed by atoms with Gasteiger partial charge in [-0.25, -0.2) is 0 Å². The maximum atomic E-state index is 11.8. The first-order valence-electron chi connectivity index (χ1n) is 4.83. The minimum absolute atomic E-state index is 0.0668. The van der Waals surface area contributed by atoms with Gasteiger partial charge in [-0.15, -0.1) is 0 Å². The molecule has 0 bridgehead atoms. The van der Waals surface area contributed by atoms with Crippen molar-refractivity contribution in [2.45, 2.75) is 38.6 Å². The standard InChI is InChI=1S/C9H18NO2P/c1-2-3-6-13(11,12)9-5-4-8(10)7-9/h5,8H,2-4,6-7,10H2,1H3,(H,11,12)/t8-/m1/s1. The van der Waals surface area contributed by atoms with Crippen LogP contribution in [0.4, 0.5) is 0 Å². The molecule has 0 saturated carbocycles. The van der Waals surface area contributed by atoms with Crippen molar-refractivity contribution in [1.82, 2.24) is 0 Å². The van der Waals surface area contributed by atoms with Crippen LogP contribution in [0.15, 0.2) is 11.4 Å². The molecule has 0 fully saturated rings. The van der Waals surface area contributed by atoms with Crippen LogP contribution >= 0.6 is 7.37 Å². The molecule has 3 N–H and O–H groups in total. The smallest absolute Gasteiger partial charge is 0.225 e. The Balaban J connectivity index is 2.54. The van der Waals surface area contributed by atoms with Gasteiger partial charge in [0.1, 0.15) is 0 Å². The van der Waals surface area contributed by atoms with Gasteiger partial charge in [-0.05, 0) is 19.3 Å².